The second-order valence-corrected chi connectivity index (χ2v) is 8.13. The molecule has 4 heteroatoms. The Morgan fingerprint density at radius 2 is 1.89 bits per heavy atom. The zero-order valence-corrected chi connectivity index (χ0v) is 16.7. The fourth-order valence-corrected chi connectivity index (χ4v) is 3.78. The molecule has 0 bridgehead atoms. The van der Waals surface area contributed by atoms with Crippen molar-refractivity contribution in [2.24, 2.45) is 5.92 Å². The van der Waals surface area contributed by atoms with Crippen LogP contribution in [0.4, 0.5) is 4.39 Å². The van der Waals surface area contributed by atoms with Gasteiger partial charge in [-0.2, -0.15) is 0 Å². The number of nitrogens with zero attached hydrogens (tertiary/aromatic N) is 1. The number of carbonyl (C=O) groups is 1. The highest BCUT2D eigenvalue weighted by molar-refractivity contribution is 5.97. The normalized spacial score (nSPS) is 13.5. The molecule has 1 amide bonds. The molecule has 1 aromatic heterocycles. The van der Waals surface area contributed by atoms with E-state index >= 15 is 0 Å². The maximum atomic E-state index is 13.8. The standard InChI is InChI=1S/C24H27FN2O/c1-17(2)15-24(3,13-12-18-8-5-4-6-9-18)27-23(28)20-14-19-10-7-11-21(25)22(19)26-16-20/h4-11,14,16-17H,12-13,15H2,1-3H3,(H,27,28). The summed E-state index contributed by atoms with van der Waals surface area (Å²) < 4.78 is 13.8. The van der Waals surface area contributed by atoms with Crippen LogP contribution in [0.5, 0.6) is 0 Å². The minimum Gasteiger partial charge on any atom is -0.347 e. The van der Waals surface area contributed by atoms with E-state index in [0.29, 0.717) is 16.9 Å². The van der Waals surface area contributed by atoms with Crippen molar-refractivity contribution >= 4 is 16.8 Å². The van der Waals surface area contributed by atoms with E-state index in [0.717, 1.165) is 19.3 Å². The molecular weight excluding hydrogens is 351 g/mol. The van der Waals surface area contributed by atoms with Crippen molar-refractivity contribution in [3.05, 3.63) is 77.7 Å². The van der Waals surface area contributed by atoms with Gasteiger partial charge >= 0.3 is 0 Å². The average molecular weight is 378 g/mol. The maximum Gasteiger partial charge on any atom is 0.253 e. The molecule has 0 saturated heterocycles. The topological polar surface area (TPSA) is 42.0 Å². The largest absolute Gasteiger partial charge is 0.347 e. The van der Waals surface area contributed by atoms with E-state index in [2.05, 4.69) is 43.2 Å². The van der Waals surface area contributed by atoms with Crippen molar-refractivity contribution in [1.82, 2.24) is 10.3 Å². The number of hydrogen-bond acceptors (Lipinski definition) is 2. The van der Waals surface area contributed by atoms with Crippen molar-refractivity contribution in [2.75, 3.05) is 0 Å². The third kappa shape index (κ3) is 4.94. The lowest BCUT2D eigenvalue weighted by Crippen LogP contribution is -2.47. The zero-order valence-electron chi connectivity index (χ0n) is 16.7. The molecule has 0 fully saturated rings. The molecule has 1 heterocycles. The SMILES string of the molecule is CC(C)CC(C)(CCc1ccccc1)NC(=O)c1cnc2c(F)cccc2c1. The Labute approximate surface area is 166 Å². The molecule has 1 N–H and O–H groups in total. The Morgan fingerprint density at radius 1 is 1.14 bits per heavy atom. The van der Waals surface area contributed by atoms with Gasteiger partial charge in [-0.25, -0.2) is 4.39 Å². The molecule has 28 heavy (non-hydrogen) atoms. The summed E-state index contributed by atoms with van der Waals surface area (Å²) in [7, 11) is 0. The minimum atomic E-state index is -0.378. The lowest BCUT2D eigenvalue weighted by Gasteiger charge is -2.33. The molecule has 0 radical (unpaired) electrons. The molecule has 0 spiro atoms. The summed E-state index contributed by atoms with van der Waals surface area (Å²) in [6, 6.07) is 16.8. The lowest BCUT2D eigenvalue weighted by molar-refractivity contribution is 0.0888. The Hall–Kier alpha value is -2.75. The van der Waals surface area contributed by atoms with Crippen LogP contribution in [0.3, 0.4) is 0 Å². The monoisotopic (exact) mass is 378 g/mol. The van der Waals surface area contributed by atoms with Crippen LogP contribution in [-0.2, 0) is 6.42 Å². The third-order valence-electron chi connectivity index (χ3n) is 5.01. The first kappa shape index (κ1) is 20.0. The predicted octanol–water partition coefficient (Wildman–Crippen LogP) is 5.54. The molecule has 2 aromatic carbocycles. The number of nitrogens with one attached hydrogen (secondary N) is 1. The maximum absolute atomic E-state index is 13.8. The quantitative estimate of drug-likeness (QED) is 0.586. The molecule has 0 saturated carbocycles. The lowest BCUT2D eigenvalue weighted by atomic mass is 9.85. The van der Waals surface area contributed by atoms with Gasteiger partial charge in [0.2, 0.25) is 0 Å². The van der Waals surface area contributed by atoms with E-state index in [4.69, 9.17) is 0 Å². The first-order valence-corrected chi connectivity index (χ1v) is 9.77. The highest BCUT2D eigenvalue weighted by Gasteiger charge is 2.28. The van der Waals surface area contributed by atoms with Crippen LogP contribution in [0.15, 0.2) is 60.8 Å². The molecule has 0 aliphatic carbocycles. The summed E-state index contributed by atoms with van der Waals surface area (Å²) in [6.07, 6.45) is 4.07. The average Bonchev–Trinajstić information content (AvgIpc) is 2.66. The van der Waals surface area contributed by atoms with Crippen molar-refractivity contribution in [3.8, 4) is 0 Å². The number of para-hydroxylation sites is 1. The van der Waals surface area contributed by atoms with Crippen LogP contribution in [0.1, 0.15) is 49.5 Å². The van der Waals surface area contributed by atoms with Gasteiger partial charge in [0.05, 0.1) is 5.56 Å². The molecule has 3 rings (SSSR count). The third-order valence-corrected chi connectivity index (χ3v) is 5.01. The summed E-state index contributed by atoms with van der Waals surface area (Å²) in [5, 5.41) is 3.85. The molecule has 1 unspecified atom stereocenters. The Balaban J connectivity index is 1.78. The summed E-state index contributed by atoms with van der Waals surface area (Å²) >= 11 is 0. The van der Waals surface area contributed by atoms with E-state index in [1.165, 1.54) is 17.8 Å². The highest BCUT2D eigenvalue weighted by atomic mass is 19.1. The molecule has 1 atom stereocenters. The van der Waals surface area contributed by atoms with Gasteiger partial charge in [0.25, 0.3) is 5.91 Å². The number of pyridine rings is 1. The van der Waals surface area contributed by atoms with Crippen molar-refractivity contribution in [2.45, 2.75) is 45.6 Å². The first-order valence-electron chi connectivity index (χ1n) is 9.77. The van der Waals surface area contributed by atoms with Crippen LogP contribution in [0.25, 0.3) is 10.9 Å². The van der Waals surface area contributed by atoms with Crippen LogP contribution in [0.2, 0.25) is 0 Å². The first-order chi connectivity index (χ1) is 13.4. The van der Waals surface area contributed by atoms with E-state index in [9.17, 15) is 9.18 Å². The molecule has 0 aliphatic heterocycles. The Kier molecular flexibility index (Phi) is 6.08. The van der Waals surface area contributed by atoms with Gasteiger partial charge in [-0.3, -0.25) is 9.78 Å². The number of carbonyl (C=O) groups excluding carboxylic acids is 1. The van der Waals surface area contributed by atoms with Gasteiger partial charge in [-0.15, -0.1) is 0 Å². The summed E-state index contributed by atoms with van der Waals surface area (Å²) in [4.78, 5) is 17.1. The molecule has 3 aromatic rings. The van der Waals surface area contributed by atoms with Crippen molar-refractivity contribution in [1.29, 1.82) is 0 Å². The van der Waals surface area contributed by atoms with Gasteiger partial charge in [-0.1, -0.05) is 56.3 Å². The van der Waals surface area contributed by atoms with Gasteiger partial charge < -0.3 is 5.32 Å². The number of halogens is 1. The second kappa shape index (κ2) is 8.51. The van der Waals surface area contributed by atoms with E-state index in [-0.39, 0.29) is 22.8 Å². The molecule has 3 nitrogen and oxygen atoms in total. The van der Waals surface area contributed by atoms with Crippen molar-refractivity contribution in [3.63, 3.8) is 0 Å². The van der Waals surface area contributed by atoms with Crippen LogP contribution < -0.4 is 5.32 Å². The minimum absolute atomic E-state index is 0.171. The number of rotatable bonds is 7. The predicted molar refractivity (Wildman–Crippen MR) is 112 cm³/mol. The fourth-order valence-electron chi connectivity index (χ4n) is 3.78. The van der Waals surface area contributed by atoms with Gasteiger partial charge in [-0.05, 0) is 49.8 Å². The summed E-state index contributed by atoms with van der Waals surface area (Å²) in [6.45, 7) is 6.42. The van der Waals surface area contributed by atoms with Crippen LogP contribution in [0, 0.1) is 11.7 Å². The summed E-state index contributed by atoms with van der Waals surface area (Å²) in [5.41, 5.74) is 1.66. The second-order valence-electron chi connectivity index (χ2n) is 8.13. The van der Waals surface area contributed by atoms with Gasteiger partial charge in [0, 0.05) is 17.1 Å². The fraction of sp³-hybridized carbons (Fsp3) is 0.333. The number of aryl methyl sites for hydroxylation is 1. The van der Waals surface area contributed by atoms with E-state index in [1.54, 1.807) is 18.2 Å². The zero-order chi connectivity index (χ0) is 20.1. The molecule has 0 aliphatic rings. The van der Waals surface area contributed by atoms with Crippen molar-refractivity contribution < 1.29 is 9.18 Å². The van der Waals surface area contributed by atoms with E-state index < -0.39 is 0 Å². The highest BCUT2D eigenvalue weighted by Crippen LogP contribution is 2.24. The number of fused-ring (bicyclic) bond motifs is 1. The van der Waals surface area contributed by atoms with Crippen LogP contribution >= 0.6 is 0 Å². The number of amides is 1. The smallest absolute Gasteiger partial charge is 0.253 e. The van der Waals surface area contributed by atoms with Gasteiger partial charge in [0.1, 0.15) is 11.3 Å². The van der Waals surface area contributed by atoms with Crippen LogP contribution in [-0.4, -0.2) is 16.4 Å². The number of aromatic nitrogens is 1. The molecule has 146 valence electrons. The number of benzene rings is 2. The molecular formula is C24H27FN2O. The Bertz CT molecular complexity index is 955. The van der Waals surface area contributed by atoms with E-state index in [1.807, 2.05) is 18.2 Å². The summed E-state index contributed by atoms with van der Waals surface area (Å²) in [5.74, 6) is -0.100. The Morgan fingerprint density at radius 3 is 2.61 bits per heavy atom. The van der Waals surface area contributed by atoms with Gasteiger partial charge in [0.15, 0.2) is 0 Å². The number of hydrogen-bond donors (Lipinski definition) is 1.